The van der Waals surface area contributed by atoms with E-state index in [0.717, 1.165) is 86.0 Å². The van der Waals surface area contributed by atoms with Gasteiger partial charge in [-0.2, -0.15) is 28.5 Å². The summed E-state index contributed by atoms with van der Waals surface area (Å²) in [5.74, 6) is 2.07. The minimum atomic E-state index is -4.56. The van der Waals surface area contributed by atoms with Crippen LogP contribution in [0.4, 0.5) is 33.6 Å². The van der Waals surface area contributed by atoms with Gasteiger partial charge < -0.3 is 26.2 Å². The monoisotopic (exact) mass is 1070 g/mol. The summed E-state index contributed by atoms with van der Waals surface area (Å²) in [6.45, 7) is 5.84. The number of nitrogens with two attached hydrogens (primary N) is 2. The number of halogens is 5. The van der Waals surface area contributed by atoms with Crippen LogP contribution in [0.5, 0.6) is 0 Å². The highest BCUT2D eigenvalue weighted by Crippen LogP contribution is 2.39. The van der Waals surface area contributed by atoms with Crippen molar-refractivity contribution in [2.45, 2.75) is 44.8 Å². The molecule has 7 N–H and O–H groups in total. The first kappa shape index (κ1) is 53.1. The molecule has 0 aliphatic carbocycles. The van der Waals surface area contributed by atoms with Crippen molar-refractivity contribution in [3.05, 3.63) is 138 Å². The molecule has 9 aromatic heterocycles. The van der Waals surface area contributed by atoms with Crippen LogP contribution in [0.25, 0.3) is 78.5 Å². The lowest BCUT2D eigenvalue weighted by molar-refractivity contribution is -0.137. The number of pyridine rings is 6. The molecule has 0 bridgehead atoms. The molecule has 2 atom stereocenters. The third kappa shape index (κ3) is 11.8. The Balaban J connectivity index is 0.000000172. The van der Waals surface area contributed by atoms with E-state index in [2.05, 4.69) is 89.3 Å². The van der Waals surface area contributed by atoms with Crippen LogP contribution in [-0.2, 0) is 12.7 Å². The third-order valence-corrected chi connectivity index (χ3v) is 13.9. The van der Waals surface area contributed by atoms with Gasteiger partial charge in [0, 0.05) is 83.9 Å². The molecule has 2 unspecified atom stereocenters. The standard InChI is InChI=1S/C19H14F3N5.C19H23FN6.C18H21FN6.3H2/c20-19(21,22)14-6-7-15(12-4-1-3-11(9-12)10-23)25-17(14)16-13-5-2-8-24-18(13)27-26-16;1-25(2)11-13-5-4-10-26(12-13)16-8-7-15(20)18(22-16)17-14-6-3-9-21-19(14)24-23-17;19-14-5-6-15(25-10-2-3-12(11-25)7-8-20)22-17(14)16-13-4-1-9-21-18(13)24-23-16;;;/h1-9H,10,23H2,(H,24,26,27);3,6-9,13H,4-5,10-12H2,1-2H3,(H,21,23,24);1,4-6,9,12H,2-3,7-8,10-11,20H2,(H,21,23,24);3*1H. The van der Waals surface area contributed by atoms with Crippen molar-refractivity contribution in [3.8, 4) is 45.4 Å². The smallest absolute Gasteiger partial charge is 0.356 e. The summed E-state index contributed by atoms with van der Waals surface area (Å²) in [4.78, 5) is 32.7. The molecule has 0 amide bonds. The maximum atomic E-state index is 14.5. The van der Waals surface area contributed by atoms with Gasteiger partial charge in [-0.15, -0.1) is 0 Å². The number of aromatic nitrogens is 12. The fraction of sp³-hybridized carbons (Fsp3) is 0.304. The topological polar surface area (TPSA) is 225 Å². The fourth-order valence-corrected chi connectivity index (χ4v) is 10.2. The SMILES string of the molecule is CN(C)CC1CCCN(c2ccc(F)c(-c3[nH]nc4ncccc34)n2)C1.NCCC1CCCN(c2ccc(F)c(-c3[nH]nc4ncccc34)n2)C1.NCc1cccc(-c2ccc(C(F)(F)F)c(-c3[nH]nc4ncccc34)n2)c1.[HH].[HH].[HH]. The van der Waals surface area contributed by atoms with Gasteiger partial charge in [0.25, 0.3) is 0 Å². The summed E-state index contributed by atoms with van der Waals surface area (Å²) >= 11 is 0. The number of hydrogen-bond acceptors (Lipinski definition) is 14. The molecule has 10 aromatic rings. The van der Waals surface area contributed by atoms with Crippen molar-refractivity contribution < 1.29 is 26.2 Å². The predicted molar refractivity (Wildman–Crippen MR) is 298 cm³/mol. The van der Waals surface area contributed by atoms with E-state index < -0.39 is 11.7 Å². The zero-order valence-electron chi connectivity index (χ0n) is 43.0. The Hall–Kier alpha value is -8.34. The van der Waals surface area contributed by atoms with Gasteiger partial charge in [-0.05, 0) is 149 Å². The highest BCUT2D eigenvalue weighted by Gasteiger charge is 2.36. The number of H-pyrrole nitrogens is 3. The lowest BCUT2D eigenvalue weighted by Gasteiger charge is -2.35. The molecule has 0 radical (unpaired) electrons. The van der Waals surface area contributed by atoms with Gasteiger partial charge in [-0.25, -0.2) is 38.7 Å². The van der Waals surface area contributed by atoms with E-state index in [1.165, 1.54) is 37.2 Å². The number of rotatable bonds is 11. The molecule has 2 saturated heterocycles. The van der Waals surface area contributed by atoms with Gasteiger partial charge in [0.15, 0.2) is 28.6 Å². The van der Waals surface area contributed by atoms with Crippen molar-refractivity contribution in [2.24, 2.45) is 23.3 Å². The number of nitrogens with zero attached hydrogens (tertiary/aromatic N) is 12. The zero-order valence-corrected chi connectivity index (χ0v) is 43.0. The molecule has 0 saturated carbocycles. The highest BCUT2D eigenvalue weighted by molar-refractivity contribution is 5.92. The number of benzene rings is 1. The number of hydrogen-bond donors (Lipinski definition) is 5. The van der Waals surface area contributed by atoms with Crippen LogP contribution < -0.4 is 21.3 Å². The Morgan fingerprint density at radius 3 is 1.63 bits per heavy atom. The largest absolute Gasteiger partial charge is 0.418 e. The average Bonchev–Trinajstić information content (AvgIpc) is 4.22. The Kier molecular flexibility index (Phi) is 16.0. The molecule has 1 aromatic carbocycles. The van der Waals surface area contributed by atoms with Crippen molar-refractivity contribution in [3.63, 3.8) is 0 Å². The Morgan fingerprint density at radius 2 is 1.13 bits per heavy atom. The molecule has 0 spiro atoms. The number of anilines is 2. The van der Waals surface area contributed by atoms with E-state index in [0.29, 0.717) is 75.6 Å². The minimum Gasteiger partial charge on any atom is -0.356 e. The number of piperidine rings is 2. The van der Waals surface area contributed by atoms with Gasteiger partial charge in [-0.3, -0.25) is 15.3 Å². The summed E-state index contributed by atoms with van der Waals surface area (Å²) in [5.41, 5.74) is 15.7. The molecule has 11 heterocycles. The molecular weight excluding hydrogens is 1010 g/mol. The molecule has 22 heteroatoms. The van der Waals surface area contributed by atoms with Crippen LogP contribution in [0.1, 0.15) is 47.5 Å². The summed E-state index contributed by atoms with van der Waals surface area (Å²) < 4.78 is 69.7. The summed E-state index contributed by atoms with van der Waals surface area (Å²) in [6.07, 6.45) is 5.98. The maximum Gasteiger partial charge on any atom is 0.418 e. The summed E-state index contributed by atoms with van der Waals surface area (Å²) in [5, 5.41) is 22.7. The van der Waals surface area contributed by atoms with Crippen molar-refractivity contribution >= 4 is 44.7 Å². The predicted octanol–water partition coefficient (Wildman–Crippen LogP) is 10.6. The molecule has 2 aliphatic heterocycles. The normalized spacial score (nSPS) is 15.9. The molecule has 78 heavy (non-hydrogen) atoms. The van der Waals surface area contributed by atoms with Gasteiger partial charge in [0.1, 0.15) is 28.7 Å². The van der Waals surface area contributed by atoms with Crippen LogP contribution >= 0.6 is 0 Å². The van der Waals surface area contributed by atoms with E-state index in [-0.39, 0.29) is 33.0 Å². The molecule has 12 rings (SSSR count). The van der Waals surface area contributed by atoms with Crippen LogP contribution in [0, 0.1) is 23.5 Å². The number of nitrogens with one attached hydrogen (secondary N) is 3. The van der Waals surface area contributed by atoms with E-state index in [4.69, 9.17) is 11.5 Å². The molecule has 17 nitrogen and oxygen atoms in total. The third-order valence-electron chi connectivity index (χ3n) is 13.9. The molecular formula is C56H64F5N17. The second-order valence-corrected chi connectivity index (χ2v) is 19.7. The van der Waals surface area contributed by atoms with Crippen molar-refractivity contribution in [1.29, 1.82) is 0 Å². The first-order chi connectivity index (χ1) is 37.8. The molecule has 408 valence electrons. The molecule has 2 aliphatic rings. The van der Waals surface area contributed by atoms with Crippen molar-refractivity contribution in [2.75, 3.05) is 63.2 Å². The van der Waals surface area contributed by atoms with Gasteiger partial charge in [-0.1, -0.05) is 18.2 Å². The van der Waals surface area contributed by atoms with Gasteiger partial charge in [0.2, 0.25) is 0 Å². The number of aromatic amines is 3. The van der Waals surface area contributed by atoms with Gasteiger partial charge in [0.05, 0.1) is 28.3 Å². The van der Waals surface area contributed by atoms with Crippen LogP contribution in [0.2, 0.25) is 0 Å². The van der Waals surface area contributed by atoms with E-state index in [1.54, 1.807) is 48.8 Å². The lowest BCUT2D eigenvalue weighted by Crippen LogP contribution is -2.39. The van der Waals surface area contributed by atoms with Crippen LogP contribution in [0.15, 0.2) is 116 Å². The number of alkyl halides is 3. The highest BCUT2D eigenvalue weighted by atomic mass is 19.4. The van der Waals surface area contributed by atoms with Gasteiger partial charge >= 0.3 is 6.18 Å². The minimum absolute atomic E-state index is 0. The van der Waals surface area contributed by atoms with E-state index >= 15 is 0 Å². The second kappa shape index (κ2) is 23.5. The van der Waals surface area contributed by atoms with Crippen LogP contribution in [0.3, 0.4) is 0 Å². The van der Waals surface area contributed by atoms with E-state index in [1.807, 2.05) is 36.4 Å². The van der Waals surface area contributed by atoms with E-state index in [9.17, 15) is 22.0 Å². The Morgan fingerprint density at radius 1 is 0.615 bits per heavy atom. The maximum absolute atomic E-state index is 14.5. The Labute approximate surface area is 450 Å². The number of fused-ring (bicyclic) bond motifs is 3. The first-order valence-electron chi connectivity index (χ1n) is 25.8. The first-order valence-corrected chi connectivity index (χ1v) is 25.8. The zero-order chi connectivity index (χ0) is 54.3. The van der Waals surface area contributed by atoms with Crippen LogP contribution in [-0.4, -0.2) is 119 Å². The Bertz CT molecular complexity index is 3670. The van der Waals surface area contributed by atoms with Crippen molar-refractivity contribution in [1.82, 2.24) is 65.4 Å². The summed E-state index contributed by atoms with van der Waals surface area (Å²) in [6, 6.07) is 26.8. The fourth-order valence-electron chi connectivity index (χ4n) is 10.2. The quantitative estimate of drug-likeness (QED) is 0.0760. The average molecular weight is 1070 g/mol. The second-order valence-electron chi connectivity index (χ2n) is 19.7. The lowest BCUT2D eigenvalue weighted by atomic mass is 9.95. The molecule has 2 fully saturated rings. The summed E-state index contributed by atoms with van der Waals surface area (Å²) in [7, 11) is 4.20.